The Morgan fingerprint density at radius 1 is 1.54 bits per heavy atom. The van der Waals surface area contributed by atoms with Crippen LogP contribution in [0, 0.1) is 0 Å². The van der Waals surface area contributed by atoms with Gasteiger partial charge in [-0.15, -0.1) is 0 Å². The predicted octanol–water partition coefficient (Wildman–Crippen LogP) is 0.515. The molecule has 0 aromatic heterocycles. The van der Waals surface area contributed by atoms with Gasteiger partial charge in [0, 0.05) is 24.1 Å². The number of rotatable bonds is 4. The maximum Gasteiger partial charge on any atom is 0.148 e. The van der Waals surface area contributed by atoms with E-state index < -0.39 is 9.84 Å². The molecule has 1 saturated heterocycles. The highest BCUT2D eigenvalue weighted by atomic mass is 32.2. The summed E-state index contributed by atoms with van der Waals surface area (Å²) in [7, 11) is -2.80. The molecule has 1 rings (SSSR count). The highest BCUT2D eigenvalue weighted by Crippen LogP contribution is 2.25. The zero-order chi connectivity index (χ0) is 9.90. The molecule has 1 aliphatic rings. The molecule has 1 heterocycles. The van der Waals surface area contributed by atoms with E-state index in [4.69, 9.17) is 0 Å². The van der Waals surface area contributed by atoms with Crippen molar-refractivity contribution >= 4 is 21.6 Å². The summed E-state index contributed by atoms with van der Waals surface area (Å²) in [5.74, 6) is 1.44. The zero-order valence-electron chi connectivity index (χ0n) is 8.12. The molecule has 5 heteroatoms. The van der Waals surface area contributed by atoms with Gasteiger partial charge < -0.3 is 5.32 Å². The van der Waals surface area contributed by atoms with E-state index in [1.165, 1.54) is 12.0 Å². The lowest BCUT2D eigenvalue weighted by molar-refractivity contribution is 0.526. The Labute approximate surface area is 84.6 Å². The molecule has 0 aliphatic carbocycles. The molecule has 0 aromatic carbocycles. The molecular weight excluding hydrogens is 206 g/mol. The smallest absolute Gasteiger partial charge is 0.148 e. The molecule has 3 nitrogen and oxygen atoms in total. The van der Waals surface area contributed by atoms with Crippen molar-refractivity contribution in [1.82, 2.24) is 5.32 Å². The molecular formula is C8H17NO2S2. The van der Waals surface area contributed by atoms with E-state index in [-0.39, 0.29) is 5.75 Å². The number of thioether (sulfide) groups is 1. The lowest BCUT2D eigenvalue weighted by Gasteiger charge is -2.15. The summed E-state index contributed by atoms with van der Waals surface area (Å²) in [5, 5.41) is 3.91. The van der Waals surface area contributed by atoms with Crippen LogP contribution in [0.5, 0.6) is 0 Å². The van der Waals surface area contributed by atoms with E-state index in [1.807, 2.05) is 11.8 Å². The van der Waals surface area contributed by atoms with Gasteiger partial charge >= 0.3 is 0 Å². The Morgan fingerprint density at radius 3 is 2.69 bits per heavy atom. The predicted molar refractivity (Wildman–Crippen MR) is 58.0 cm³/mol. The summed E-state index contributed by atoms with van der Waals surface area (Å²) in [6.07, 6.45) is 2.44. The lowest BCUT2D eigenvalue weighted by atomic mass is 10.2. The van der Waals surface area contributed by atoms with E-state index in [9.17, 15) is 8.42 Å². The van der Waals surface area contributed by atoms with Gasteiger partial charge in [0.1, 0.15) is 9.84 Å². The summed E-state index contributed by atoms with van der Waals surface area (Å²) < 4.78 is 21.7. The number of hydrogen-bond acceptors (Lipinski definition) is 4. The molecule has 13 heavy (non-hydrogen) atoms. The fraction of sp³-hybridized carbons (Fsp3) is 1.00. The second-order valence-electron chi connectivity index (χ2n) is 3.56. The monoisotopic (exact) mass is 223 g/mol. The van der Waals surface area contributed by atoms with Gasteiger partial charge in [-0.1, -0.05) is 6.92 Å². The molecule has 78 valence electrons. The summed E-state index contributed by atoms with van der Waals surface area (Å²) >= 11 is 1.95. The fourth-order valence-electron chi connectivity index (χ4n) is 1.43. The van der Waals surface area contributed by atoms with Crippen molar-refractivity contribution in [3.05, 3.63) is 0 Å². The molecule has 2 atom stereocenters. The normalized spacial score (nSPS) is 29.4. The third-order valence-electron chi connectivity index (χ3n) is 2.26. The third kappa shape index (κ3) is 4.33. The van der Waals surface area contributed by atoms with Crippen molar-refractivity contribution in [2.24, 2.45) is 0 Å². The SMILES string of the molecule is CC1SCCC1NCCS(C)(=O)=O. The molecule has 1 fully saturated rings. The molecule has 2 unspecified atom stereocenters. The zero-order valence-corrected chi connectivity index (χ0v) is 9.75. The molecule has 1 aliphatic heterocycles. The van der Waals surface area contributed by atoms with Crippen LogP contribution in [-0.4, -0.2) is 44.0 Å². The van der Waals surface area contributed by atoms with E-state index in [1.54, 1.807) is 0 Å². The summed E-state index contributed by atoms with van der Waals surface area (Å²) in [6.45, 7) is 2.78. The number of hydrogen-bond donors (Lipinski definition) is 1. The maximum absolute atomic E-state index is 10.8. The van der Waals surface area contributed by atoms with Gasteiger partial charge in [0.15, 0.2) is 0 Å². The van der Waals surface area contributed by atoms with Crippen LogP contribution in [0.3, 0.4) is 0 Å². The average molecular weight is 223 g/mol. The molecule has 0 aromatic rings. The van der Waals surface area contributed by atoms with E-state index in [2.05, 4.69) is 12.2 Å². The van der Waals surface area contributed by atoms with Crippen molar-refractivity contribution in [3.63, 3.8) is 0 Å². The van der Waals surface area contributed by atoms with Crippen LogP contribution in [-0.2, 0) is 9.84 Å². The minimum atomic E-state index is -2.80. The lowest BCUT2D eigenvalue weighted by Crippen LogP contribution is -2.36. The van der Waals surface area contributed by atoms with Gasteiger partial charge in [0.25, 0.3) is 0 Å². The van der Waals surface area contributed by atoms with Crippen LogP contribution in [0.1, 0.15) is 13.3 Å². The molecule has 0 amide bonds. The highest BCUT2D eigenvalue weighted by Gasteiger charge is 2.23. The van der Waals surface area contributed by atoms with Gasteiger partial charge in [-0.3, -0.25) is 0 Å². The first kappa shape index (κ1) is 11.3. The number of nitrogens with one attached hydrogen (secondary N) is 1. The first-order chi connectivity index (χ1) is 5.99. The third-order valence-corrected chi connectivity index (χ3v) is 4.53. The van der Waals surface area contributed by atoms with Crippen molar-refractivity contribution in [2.75, 3.05) is 24.3 Å². The van der Waals surface area contributed by atoms with Crippen LogP contribution >= 0.6 is 11.8 Å². The largest absolute Gasteiger partial charge is 0.312 e. The van der Waals surface area contributed by atoms with Gasteiger partial charge in [-0.2, -0.15) is 11.8 Å². The number of sulfone groups is 1. The highest BCUT2D eigenvalue weighted by molar-refractivity contribution is 8.00. The van der Waals surface area contributed by atoms with Gasteiger partial charge in [-0.05, 0) is 12.2 Å². The molecule has 0 saturated carbocycles. The Kier molecular flexibility index (Phi) is 4.06. The van der Waals surface area contributed by atoms with Crippen molar-refractivity contribution in [3.8, 4) is 0 Å². The van der Waals surface area contributed by atoms with Gasteiger partial charge in [-0.25, -0.2) is 8.42 Å². The van der Waals surface area contributed by atoms with E-state index >= 15 is 0 Å². The van der Waals surface area contributed by atoms with Gasteiger partial charge in [0.05, 0.1) is 5.75 Å². The Balaban J connectivity index is 2.19. The van der Waals surface area contributed by atoms with Crippen LogP contribution in [0.25, 0.3) is 0 Å². The molecule has 0 radical (unpaired) electrons. The Hall–Kier alpha value is 0.260. The average Bonchev–Trinajstić information content (AvgIpc) is 2.34. The van der Waals surface area contributed by atoms with Crippen molar-refractivity contribution in [2.45, 2.75) is 24.6 Å². The maximum atomic E-state index is 10.8. The summed E-state index contributed by atoms with van der Waals surface area (Å²) in [6, 6.07) is 0.506. The first-order valence-corrected chi connectivity index (χ1v) is 7.63. The minimum absolute atomic E-state index is 0.251. The quantitative estimate of drug-likeness (QED) is 0.754. The van der Waals surface area contributed by atoms with Crippen molar-refractivity contribution in [1.29, 1.82) is 0 Å². The molecule has 0 bridgehead atoms. The van der Waals surface area contributed by atoms with E-state index in [0.29, 0.717) is 17.8 Å². The second-order valence-corrected chi connectivity index (χ2v) is 7.30. The van der Waals surface area contributed by atoms with Crippen LogP contribution in [0.2, 0.25) is 0 Å². The minimum Gasteiger partial charge on any atom is -0.312 e. The standard InChI is InChI=1S/C8H17NO2S2/c1-7-8(3-5-12-7)9-4-6-13(2,10)11/h7-9H,3-6H2,1-2H3. The summed E-state index contributed by atoms with van der Waals surface area (Å²) in [5.41, 5.74) is 0. The fourth-order valence-corrected chi connectivity index (χ4v) is 3.14. The second kappa shape index (κ2) is 4.66. The van der Waals surface area contributed by atoms with Gasteiger partial charge in [0.2, 0.25) is 0 Å². The topological polar surface area (TPSA) is 46.2 Å². The summed E-state index contributed by atoms with van der Waals surface area (Å²) in [4.78, 5) is 0. The Bertz CT molecular complexity index is 251. The first-order valence-electron chi connectivity index (χ1n) is 4.52. The van der Waals surface area contributed by atoms with Crippen molar-refractivity contribution < 1.29 is 8.42 Å². The molecule has 0 spiro atoms. The van der Waals surface area contributed by atoms with Crippen LogP contribution in [0.4, 0.5) is 0 Å². The van der Waals surface area contributed by atoms with E-state index in [0.717, 1.165) is 6.42 Å². The molecule has 1 N–H and O–H groups in total. The Morgan fingerprint density at radius 2 is 2.23 bits per heavy atom. The van der Waals surface area contributed by atoms with Crippen LogP contribution < -0.4 is 5.32 Å². The van der Waals surface area contributed by atoms with Crippen LogP contribution in [0.15, 0.2) is 0 Å².